The Morgan fingerprint density at radius 1 is 0.935 bits per heavy atom. The largest absolute Gasteiger partial charge is 0.493 e. The van der Waals surface area contributed by atoms with E-state index < -0.39 is 18.5 Å². The molecule has 10 heteroatoms. The molecule has 1 atom stereocenters. The molecule has 1 amide bonds. The van der Waals surface area contributed by atoms with Gasteiger partial charge in [0.2, 0.25) is 5.75 Å². The number of nitrogens with one attached hydrogen (secondary N) is 1. The van der Waals surface area contributed by atoms with Crippen LogP contribution in [-0.2, 0) is 16.0 Å². The highest BCUT2D eigenvalue weighted by Crippen LogP contribution is 2.46. The number of benzene rings is 3. The van der Waals surface area contributed by atoms with Crippen LogP contribution in [0.25, 0.3) is 22.6 Å². The van der Waals surface area contributed by atoms with Crippen molar-refractivity contribution in [2.45, 2.75) is 33.6 Å². The van der Waals surface area contributed by atoms with Crippen molar-refractivity contribution < 1.29 is 28.5 Å². The smallest absolute Gasteiger partial charge is 0.339 e. The zero-order chi connectivity index (χ0) is 33.2. The molecule has 0 bridgehead atoms. The van der Waals surface area contributed by atoms with Crippen LogP contribution in [0.3, 0.4) is 0 Å². The molecular formula is C36H36Cl2N2O6. The Hall–Kier alpha value is -4.27. The fourth-order valence-corrected chi connectivity index (χ4v) is 6.31. The van der Waals surface area contributed by atoms with Gasteiger partial charge in [-0.1, -0.05) is 62.2 Å². The second kappa shape index (κ2) is 13.6. The molecule has 3 aromatic carbocycles. The summed E-state index contributed by atoms with van der Waals surface area (Å²) < 4.78 is 22.4. The molecule has 0 radical (unpaired) electrons. The van der Waals surface area contributed by atoms with Crippen molar-refractivity contribution in [3.8, 4) is 17.2 Å². The number of carbonyl (C=O) groups is 2. The van der Waals surface area contributed by atoms with E-state index in [2.05, 4.69) is 32.2 Å². The number of hydrogen-bond donors (Lipinski definition) is 1. The first-order chi connectivity index (χ1) is 21.9. The van der Waals surface area contributed by atoms with Gasteiger partial charge in [0.05, 0.1) is 38.1 Å². The number of nitrogens with zero attached hydrogens (tertiary/aromatic N) is 1. The van der Waals surface area contributed by atoms with Gasteiger partial charge >= 0.3 is 5.97 Å². The van der Waals surface area contributed by atoms with Crippen LogP contribution in [-0.4, -0.2) is 44.8 Å². The first-order valence-corrected chi connectivity index (χ1v) is 15.5. The molecule has 1 aliphatic carbocycles. The first-order valence-electron chi connectivity index (χ1n) is 14.8. The summed E-state index contributed by atoms with van der Waals surface area (Å²) in [6.45, 7) is 6.08. The topological polar surface area (TPSA) is 96.0 Å². The summed E-state index contributed by atoms with van der Waals surface area (Å²) in [7, 11) is 4.72. The summed E-state index contributed by atoms with van der Waals surface area (Å²) in [5.41, 5.74) is 4.68. The number of hydrogen-bond acceptors (Lipinski definition) is 7. The Bertz CT molecular complexity index is 1800. The second-order valence-corrected chi connectivity index (χ2v) is 13.1. The van der Waals surface area contributed by atoms with Crippen molar-refractivity contribution >= 4 is 63.3 Å². The van der Waals surface area contributed by atoms with E-state index >= 15 is 0 Å². The van der Waals surface area contributed by atoms with Gasteiger partial charge in [-0.05, 0) is 83.3 Å². The third-order valence-corrected chi connectivity index (χ3v) is 8.59. The molecule has 240 valence electrons. The lowest BCUT2D eigenvalue weighted by atomic mass is 9.69. The quantitative estimate of drug-likeness (QED) is 0.189. The predicted octanol–water partition coefficient (Wildman–Crippen LogP) is 8.51. The van der Waals surface area contributed by atoms with Crippen LogP contribution in [0.2, 0.25) is 10.0 Å². The fourth-order valence-electron chi connectivity index (χ4n) is 5.78. The van der Waals surface area contributed by atoms with E-state index in [4.69, 9.17) is 47.1 Å². The zero-order valence-corrected chi connectivity index (χ0v) is 28.1. The van der Waals surface area contributed by atoms with E-state index in [1.54, 1.807) is 39.5 Å². The van der Waals surface area contributed by atoms with Gasteiger partial charge in [0.15, 0.2) is 18.1 Å². The number of aromatic nitrogens is 1. The average Bonchev–Trinajstić information content (AvgIpc) is 3.01. The molecule has 1 unspecified atom stereocenters. The SMILES string of the molecule is COc1cc(C=C2CC(C(C)(C)C)Cc3c2nc2ccccc2c3C(=O)OCC(=O)Nc2cc(Cl)cc(Cl)c2)cc(OC)c1OC. The van der Waals surface area contributed by atoms with Gasteiger partial charge in [-0.25, -0.2) is 9.78 Å². The summed E-state index contributed by atoms with van der Waals surface area (Å²) in [6, 6.07) is 15.9. The van der Waals surface area contributed by atoms with E-state index in [-0.39, 0.29) is 11.3 Å². The lowest BCUT2D eigenvalue weighted by Crippen LogP contribution is -2.29. The number of carbonyl (C=O) groups excluding carboxylic acids is 2. The Labute approximate surface area is 278 Å². The third kappa shape index (κ3) is 7.08. The number of esters is 1. The van der Waals surface area contributed by atoms with Crippen molar-refractivity contribution in [2.24, 2.45) is 11.3 Å². The number of rotatable bonds is 8. The lowest BCUT2D eigenvalue weighted by Gasteiger charge is -2.36. The van der Waals surface area contributed by atoms with E-state index in [9.17, 15) is 9.59 Å². The molecular weight excluding hydrogens is 627 g/mol. The number of anilines is 1. The maximum absolute atomic E-state index is 13.9. The van der Waals surface area contributed by atoms with Crippen LogP contribution in [0, 0.1) is 11.3 Å². The maximum Gasteiger partial charge on any atom is 0.339 e. The number of ether oxygens (including phenoxy) is 4. The molecule has 0 fully saturated rings. The van der Waals surface area contributed by atoms with Crippen LogP contribution >= 0.6 is 23.2 Å². The summed E-state index contributed by atoms with van der Waals surface area (Å²) in [5, 5.41) is 4.09. The molecule has 1 N–H and O–H groups in total. The monoisotopic (exact) mass is 662 g/mol. The summed E-state index contributed by atoms with van der Waals surface area (Å²) in [5.74, 6) is 0.627. The number of methoxy groups -OCH3 is 3. The molecule has 8 nitrogen and oxygen atoms in total. The van der Waals surface area contributed by atoms with Crippen LogP contribution in [0.4, 0.5) is 5.69 Å². The van der Waals surface area contributed by atoms with Crippen molar-refractivity contribution in [1.29, 1.82) is 0 Å². The van der Waals surface area contributed by atoms with Gasteiger partial charge in [0.25, 0.3) is 5.91 Å². The van der Waals surface area contributed by atoms with Crippen molar-refractivity contribution in [3.63, 3.8) is 0 Å². The Morgan fingerprint density at radius 2 is 1.59 bits per heavy atom. The lowest BCUT2D eigenvalue weighted by molar-refractivity contribution is -0.119. The molecule has 0 saturated heterocycles. The van der Waals surface area contributed by atoms with Crippen LogP contribution in [0.1, 0.15) is 54.4 Å². The molecule has 1 aromatic heterocycles. The van der Waals surface area contributed by atoms with E-state index in [0.29, 0.717) is 55.9 Å². The van der Waals surface area contributed by atoms with Gasteiger partial charge in [-0.3, -0.25) is 4.79 Å². The number of halogens is 2. The van der Waals surface area contributed by atoms with E-state index in [1.807, 2.05) is 36.4 Å². The van der Waals surface area contributed by atoms with Crippen molar-refractivity contribution in [3.05, 3.63) is 87.0 Å². The van der Waals surface area contributed by atoms with Crippen LogP contribution in [0.5, 0.6) is 17.2 Å². The van der Waals surface area contributed by atoms with Crippen LogP contribution < -0.4 is 19.5 Å². The van der Waals surface area contributed by atoms with Crippen molar-refractivity contribution in [1.82, 2.24) is 4.98 Å². The minimum absolute atomic E-state index is 0.0863. The molecule has 0 aliphatic heterocycles. The Balaban J connectivity index is 1.58. The summed E-state index contributed by atoms with van der Waals surface area (Å²) in [6.07, 6.45) is 3.40. The van der Waals surface area contributed by atoms with Crippen molar-refractivity contribution in [2.75, 3.05) is 33.3 Å². The molecule has 4 aromatic rings. The van der Waals surface area contributed by atoms with Gasteiger partial charge in [0.1, 0.15) is 0 Å². The van der Waals surface area contributed by atoms with Gasteiger partial charge in [-0.2, -0.15) is 0 Å². The molecule has 5 rings (SSSR count). The molecule has 0 spiro atoms. The molecule has 0 saturated carbocycles. The minimum atomic E-state index is -0.601. The standard InChI is InChI=1S/C36H36Cl2N2O6/c1-36(2,3)22-14-21(11-20-12-29(43-4)34(45-6)30(13-20)44-5)33-27(15-22)32(26-9-7-8-10-28(26)40-33)35(42)46-19-31(41)39-25-17-23(37)16-24(38)18-25/h7-13,16-18,22H,14-15,19H2,1-6H3,(H,39,41). The summed E-state index contributed by atoms with van der Waals surface area (Å²) >= 11 is 12.1. The van der Waals surface area contributed by atoms with Gasteiger partial charge in [0, 0.05) is 21.1 Å². The predicted molar refractivity (Wildman–Crippen MR) is 182 cm³/mol. The first kappa shape index (κ1) is 33.1. The van der Waals surface area contributed by atoms with E-state index in [1.165, 1.54) is 0 Å². The second-order valence-electron chi connectivity index (χ2n) is 12.2. The van der Waals surface area contributed by atoms with Gasteiger partial charge in [-0.15, -0.1) is 0 Å². The number of fused-ring (bicyclic) bond motifs is 2. The highest BCUT2D eigenvalue weighted by Gasteiger charge is 2.35. The zero-order valence-electron chi connectivity index (χ0n) is 26.6. The average molecular weight is 664 g/mol. The molecule has 1 aliphatic rings. The fraction of sp³-hybridized carbons (Fsp3) is 0.306. The maximum atomic E-state index is 13.9. The number of pyridine rings is 1. The third-order valence-electron chi connectivity index (χ3n) is 8.15. The normalized spacial score (nSPS) is 15.3. The van der Waals surface area contributed by atoms with Crippen LogP contribution in [0.15, 0.2) is 54.6 Å². The Kier molecular flexibility index (Phi) is 9.79. The molecule has 46 heavy (non-hydrogen) atoms. The number of amides is 1. The summed E-state index contributed by atoms with van der Waals surface area (Å²) in [4.78, 5) is 31.8. The highest BCUT2D eigenvalue weighted by atomic mass is 35.5. The molecule has 1 heterocycles. The van der Waals surface area contributed by atoms with Gasteiger partial charge < -0.3 is 24.3 Å². The number of para-hydroxylation sites is 1. The minimum Gasteiger partial charge on any atom is -0.493 e. The highest BCUT2D eigenvalue weighted by molar-refractivity contribution is 6.35. The number of allylic oxidation sites excluding steroid dienone is 1. The Morgan fingerprint density at radius 3 is 2.20 bits per heavy atom. The van der Waals surface area contributed by atoms with E-state index in [0.717, 1.165) is 28.8 Å².